The van der Waals surface area contributed by atoms with Gasteiger partial charge in [-0.2, -0.15) is 5.10 Å². The Hall–Kier alpha value is -2.82. The SMILES string of the molecule is Cc1cccc(/C=N\NC(=O)COc2ccccc2)c1O. The van der Waals surface area contributed by atoms with Crippen LogP contribution in [0.15, 0.2) is 53.6 Å². The van der Waals surface area contributed by atoms with Crippen LogP contribution in [-0.4, -0.2) is 23.8 Å². The molecule has 0 aliphatic carbocycles. The Balaban J connectivity index is 1.83. The number of amides is 1. The van der Waals surface area contributed by atoms with Crippen LogP contribution in [0.3, 0.4) is 0 Å². The molecule has 0 bridgehead atoms. The Morgan fingerprint density at radius 3 is 2.76 bits per heavy atom. The van der Waals surface area contributed by atoms with Crippen molar-refractivity contribution in [1.29, 1.82) is 0 Å². The van der Waals surface area contributed by atoms with Gasteiger partial charge in [0.2, 0.25) is 0 Å². The Kier molecular flexibility index (Phi) is 4.93. The molecule has 0 fully saturated rings. The molecule has 0 saturated heterocycles. The highest BCUT2D eigenvalue weighted by Crippen LogP contribution is 2.19. The number of hydrazone groups is 1. The summed E-state index contributed by atoms with van der Waals surface area (Å²) in [5, 5.41) is 13.6. The standard InChI is InChI=1S/C16H16N2O3/c1-12-6-5-7-13(16(12)20)10-17-18-15(19)11-21-14-8-3-2-4-9-14/h2-10,20H,11H2,1H3,(H,18,19)/b17-10-. The number of nitrogens with one attached hydrogen (secondary N) is 1. The molecule has 0 heterocycles. The second-order valence-corrected chi connectivity index (χ2v) is 4.41. The van der Waals surface area contributed by atoms with Crippen molar-refractivity contribution in [1.82, 2.24) is 5.43 Å². The van der Waals surface area contributed by atoms with Crippen molar-refractivity contribution >= 4 is 12.1 Å². The second kappa shape index (κ2) is 7.09. The Morgan fingerprint density at radius 2 is 2.00 bits per heavy atom. The summed E-state index contributed by atoms with van der Waals surface area (Å²) in [5.41, 5.74) is 3.63. The molecule has 0 saturated carbocycles. The monoisotopic (exact) mass is 284 g/mol. The third-order valence-corrected chi connectivity index (χ3v) is 2.77. The van der Waals surface area contributed by atoms with Gasteiger partial charge in [0.05, 0.1) is 6.21 Å². The number of nitrogens with zero attached hydrogens (tertiary/aromatic N) is 1. The zero-order chi connectivity index (χ0) is 15.1. The fourth-order valence-corrected chi connectivity index (χ4v) is 1.66. The molecule has 5 heteroatoms. The number of hydrogen-bond donors (Lipinski definition) is 2. The molecule has 0 unspecified atom stereocenters. The molecule has 0 aliphatic heterocycles. The van der Waals surface area contributed by atoms with Crippen molar-refractivity contribution in [2.45, 2.75) is 6.92 Å². The largest absolute Gasteiger partial charge is 0.507 e. The molecule has 5 nitrogen and oxygen atoms in total. The first-order chi connectivity index (χ1) is 10.2. The Morgan fingerprint density at radius 1 is 1.24 bits per heavy atom. The van der Waals surface area contributed by atoms with Gasteiger partial charge in [-0.1, -0.05) is 30.3 Å². The van der Waals surface area contributed by atoms with E-state index in [9.17, 15) is 9.90 Å². The van der Waals surface area contributed by atoms with Crippen molar-refractivity contribution in [3.8, 4) is 11.5 Å². The van der Waals surface area contributed by atoms with Crippen LogP contribution in [0.2, 0.25) is 0 Å². The zero-order valence-corrected chi connectivity index (χ0v) is 11.6. The van der Waals surface area contributed by atoms with Crippen LogP contribution in [0.25, 0.3) is 0 Å². The van der Waals surface area contributed by atoms with E-state index in [4.69, 9.17) is 4.74 Å². The maximum Gasteiger partial charge on any atom is 0.277 e. The third kappa shape index (κ3) is 4.35. The molecule has 2 aromatic rings. The number of aryl methyl sites for hydroxylation is 1. The molecule has 1 amide bonds. The lowest BCUT2D eigenvalue weighted by Gasteiger charge is -2.04. The number of phenols is 1. The summed E-state index contributed by atoms with van der Waals surface area (Å²) in [6.07, 6.45) is 1.39. The van der Waals surface area contributed by atoms with Crippen molar-refractivity contribution in [3.05, 3.63) is 59.7 Å². The molecule has 108 valence electrons. The second-order valence-electron chi connectivity index (χ2n) is 4.41. The molecule has 2 aromatic carbocycles. The number of aromatic hydroxyl groups is 1. The van der Waals surface area contributed by atoms with Crippen LogP contribution in [-0.2, 0) is 4.79 Å². The smallest absolute Gasteiger partial charge is 0.277 e. The average molecular weight is 284 g/mol. The number of para-hydroxylation sites is 2. The first-order valence-corrected chi connectivity index (χ1v) is 6.45. The summed E-state index contributed by atoms with van der Waals surface area (Å²) in [6, 6.07) is 14.3. The molecule has 0 radical (unpaired) electrons. The molecular weight excluding hydrogens is 268 g/mol. The minimum Gasteiger partial charge on any atom is -0.507 e. The van der Waals surface area contributed by atoms with Gasteiger partial charge in [-0.3, -0.25) is 4.79 Å². The normalized spacial score (nSPS) is 10.5. The predicted molar refractivity (Wildman–Crippen MR) is 80.5 cm³/mol. The van der Waals surface area contributed by atoms with E-state index in [1.165, 1.54) is 6.21 Å². The summed E-state index contributed by atoms with van der Waals surface area (Å²) in [6.45, 7) is 1.67. The molecule has 0 spiro atoms. The molecule has 0 aliphatic rings. The Bertz CT molecular complexity index is 639. The first kappa shape index (κ1) is 14.6. The highest BCUT2D eigenvalue weighted by molar-refractivity contribution is 5.85. The van der Waals surface area contributed by atoms with E-state index in [1.54, 1.807) is 37.3 Å². The van der Waals surface area contributed by atoms with E-state index >= 15 is 0 Å². The minimum absolute atomic E-state index is 0.124. The number of hydrogen-bond acceptors (Lipinski definition) is 4. The Labute approximate surface area is 122 Å². The van der Waals surface area contributed by atoms with Crippen molar-refractivity contribution in [2.75, 3.05) is 6.61 Å². The minimum atomic E-state index is -0.373. The van der Waals surface area contributed by atoms with E-state index in [-0.39, 0.29) is 18.3 Å². The number of ether oxygens (including phenoxy) is 1. The zero-order valence-electron chi connectivity index (χ0n) is 11.6. The molecule has 0 atom stereocenters. The lowest BCUT2D eigenvalue weighted by atomic mass is 10.1. The fourth-order valence-electron chi connectivity index (χ4n) is 1.66. The van der Waals surface area contributed by atoms with Gasteiger partial charge >= 0.3 is 0 Å². The maximum atomic E-state index is 11.5. The fraction of sp³-hybridized carbons (Fsp3) is 0.125. The number of carbonyl (C=O) groups is 1. The van der Waals surface area contributed by atoms with Crippen molar-refractivity contribution in [2.24, 2.45) is 5.10 Å². The first-order valence-electron chi connectivity index (χ1n) is 6.45. The predicted octanol–water partition coefficient (Wildman–Crippen LogP) is 2.23. The van der Waals surface area contributed by atoms with E-state index in [2.05, 4.69) is 10.5 Å². The van der Waals surface area contributed by atoms with Gasteiger partial charge < -0.3 is 9.84 Å². The van der Waals surface area contributed by atoms with Crippen LogP contribution in [0.4, 0.5) is 0 Å². The average Bonchev–Trinajstić information content (AvgIpc) is 2.50. The van der Waals surface area contributed by atoms with Gasteiger partial charge in [-0.15, -0.1) is 0 Å². The number of phenolic OH excluding ortho intramolecular Hbond substituents is 1. The van der Waals surface area contributed by atoms with Crippen LogP contribution in [0, 0.1) is 6.92 Å². The molecule has 2 rings (SSSR count). The molecule has 2 N–H and O–H groups in total. The maximum absolute atomic E-state index is 11.5. The summed E-state index contributed by atoms with van der Waals surface area (Å²) < 4.78 is 5.28. The number of rotatable bonds is 5. The summed E-state index contributed by atoms with van der Waals surface area (Å²) in [5.74, 6) is 0.395. The van der Waals surface area contributed by atoms with Gasteiger partial charge in [-0.05, 0) is 30.7 Å². The molecule has 21 heavy (non-hydrogen) atoms. The highest BCUT2D eigenvalue weighted by atomic mass is 16.5. The number of carbonyl (C=O) groups excluding carboxylic acids is 1. The van der Waals surface area contributed by atoms with Gasteiger partial charge in [0.15, 0.2) is 6.61 Å². The van der Waals surface area contributed by atoms with Gasteiger partial charge in [-0.25, -0.2) is 5.43 Å². The lowest BCUT2D eigenvalue weighted by molar-refractivity contribution is -0.123. The van der Waals surface area contributed by atoms with Crippen LogP contribution < -0.4 is 10.2 Å². The van der Waals surface area contributed by atoms with Crippen LogP contribution in [0.1, 0.15) is 11.1 Å². The summed E-state index contributed by atoms with van der Waals surface area (Å²) >= 11 is 0. The van der Waals surface area contributed by atoms with E-state index < -0.39 is 0 Å². The van der Waals surface area contributed by atoms with Crippen LogP contribution >= 0.6 is 0 Å². The highest BCUT2D eigenvalue weighted by Gasteiger charge is 2.02. The topological polar surface area (TPSA) is 70.9 Å². The third-order valence-electron chi connectivity index (χ3n) is 2.77. The quantitative estimate of drug-likeness (QED) is 0.653. The van der Waals surface area contributed by atoms with E-state index in [1.807, 2.05) is 18.2 Å². The van der Waals surface area contributed by atoms with Crippen LogP contribution in [0.5, 0.6) is 11.5 Å². The van der Waals surface area contributed by atoms with Gasteiger partial charge in [0.1, 0.15) is 11.5 Å². The molecule has 0 aromatic heterocycles. The van der Waals surface area contributed by atoms with Gasteiger partial charge in [0.25, 0.3) is 5.91 Å². The lowest BCUT2D eigenvalue weighted by Crippen LogP contribution is -2.24. The summed E-state index contributed by atoms with van der Waals surface area (Å²) in [7, 11) is 0. The van der Waals surface area contributed by atoms with Crippen molar-refractivity contribution in [3.63, 3.8) is 0 Å². The van der Waals surface area contributed by atoms with E-state index in [0.29, 0.717) is 11.3 Å². The van der Waals surface area contributed by atoms with Gasteiger partial charge in [0, 0.05) is 5.56 Å². The van der Waals surface area contributed by atoms with E-state index in [0.717, 1.165) is 5.56 Å². The molecular formula is C16H16N2O3. The number of benzene rings is 2. The summed E-state index contributed by atoms with van der Waals surface area (Å²) in [4.78, 5) is 11.5. The van der Waals surface area contributed by atoms with Crippen molar-refractivity contribution < 1.29 is 14.6 Å².